The molecule has 0 bridgehead atoms. The lowest BCUT2D eigenvalue weighted by molar-refractivity contribution is 0.403. The van der Waals surface area contributed by atoms with E-state index in [-0.39, 0.29) is 11.5 Å². The van der Waals surface area contributed by atoms with Crippen LogP contribution in [0.5, 0.6) is 5.75 Å². The van der Waals surface area contributed by atoms with E-state index in [2.05, 4.69) is 13.2 Å². The Morgan fingerprint density at radius 2 is 1.48 bits per heavy atom. The molecular formula is C27H36O2. The van der Waals surface area contributed by atoms with Gasteiger partial charge >= 0.3 is 0 Å². The Bertz CT molecular complexity index is 844. The maximum atomic E-state index is 10.6. The fraction of sp³-hybridized carbons (Fsp3) is 0.259. The normalized spacial score (nSPS) is 13.6. The van der Waals surface area contributed by atoms with Gasteiger partial charge in [-0.15, -0.1) is 0 Å². The zero-order chi connectivity index (χ0) is 22.4. The van der Waals surface area contributed by atoms with Gasteiger partial charge in [-0.1, -0.05) is 89.5 Å². The molecule has 1 aliphatic carbocycles. The van der Waals surface area contributed by atoms with Gasteiger partial charge in [0.25, 0.3) is 0 Å². The summed E-state index contributed by atoms with van der Waals surface area (Å²) in [6, 6.07) is 3.51. The molecule has 2 N–H and O–H groups in total. The van der Waals surface area contributed by atoms with Crippen molar-refractivity contribution in [3.8, 4) is 5.75 Å². The van der Waals surface area contributed by atoms with Crippen LogP contribution in [0.2, 0.25) is 0 Å². The number of aliphatic hydroxyl groups excluding tert-OH is 1. The van der Waals surface area contributed by atoms with Crippen molar-refractivity contribution in [1.29, 1.82) is 0 Å². The van der Waals surface area contributed by atoms with Crippen molar-refractivity contribution in [3.05, 3.63) is 95.3 Å². The van der Waals surface area contributed by atoms with Crippen molar-refractivity contribution < 1.29 is 10.2 Å². The summed E-state index contributed by atoms with van der Waals surface area (Å²) in [4.78, 5) is 0. The molecule has 1 aromatic rings. The molecule has 0 heterocycles. The molecule has 0 saturated carbocycles. The molecule has 0 aromatic heterocycles. The Labute approximate surface area is 177 Å². The number of hydrogen-bond donors (Lipinski definition) is 2. The Morgan fingerprint density at radius 1 is 0.862 bits per heavy atom. The van der Waals surface area contributed by atoms with Gasteiger partial charge in [-0.3, -0.25) is 0 Å². The highest BCUT2D eigenvalue weighted by atomic mass is 16.3. The van der Waals surface area contributed by atoms with Gasteiger partial charge < -0.3 is 10.2 Å². The predicted molar refractivity (Wildman–Crippen MR) is 131 cm³/mol. The van der Waals surface area contributed by atoms with E-state index in [1.54, 1.807) is 24.3 Å². The van der Waals surface area contributed by atoms with Gasteiger partial charge in [-0.25, -0.2) is 0 Å². The standard InChI is InChI=1S/C23H24O2.2C2H6/c1-5-9-19-16(7-3)11-13-18(24)15-21(19)23-20(10-6-2)17(8-4)12-14-22(23)25;2*1-2/h5-14,24-25H,3-4,15H2,1-2H3;2*1-2H3/b9-5-,10-6-;;. The minimum Gasteiger partial charge on any atom is -0.512 e. The third-order valence-corrected chi connectivity index (χ3v) is 4.11. The van der Waals surface area contributed by atoms with Gasteiger partial charge in [-0.2, -0.15) is 0 Å². The lowest BCUT2D eigenvalue weighted by atomic mass is 9.87. The quantitative estimate of drug-likeness (QED) is 0.528. The third kappa shape index (κ3) is 6.53. The maximum absolute atomic E-state index is 10.6. The first kappa shape index (κ1) is 26.0. The molecule has 2 nitrogen and oxygen atoms in total. The number of benzene rings is 1. The highest BCUT2D eigenvalue weighted by Gasteiger charge is 2.20. The fourth-order valence-electron chi connectivity index (χ4n) is 3.02. The van der Waals surface area contributed by atoms with Crippen molar-refractivity contribution in [2.24, 2.45) is 0 Å². The monoisotopic (exact) mass is 392 g/mol. The first-order valence-corrected chi connectivity index (χ1v) is 10.3. The second kappa shape index (κ2) is 14.1. The summed E-state index contributed by atoms with van der Waals surface area (Å²) in [5, 5.41) is 20.9. The van der Waals surface area contributed by atoms with Crippen molar-refractivity contribution >= 4 is 17.7 Å². The minimum absolute atomic E-state index is 0.175. The third-order valence-electron chi connectivity index (χ3n) is 4.11. The van der Waals surface area contributed by atoms with Gasteiger partial charge in [0, 0.05) is 12.0 Å². The first-order valence-electron chi connectivity index (χ1n) is 10.3. The van der Waals surface area contributed by atoms with E-state index in [0.29, 0.717) is 12.0 Å². The van der Waals surface area contributed by atoms with Crippen LogP contribution < -0.4 is 0 Å². The number of aliphatic hydroxyl groups is 1. The van der Waals surface area contributed by atoms with Gasteiger partial charge in [0.2, 0.25) is 0 Å². The number of allylic oxidation sites excluding steroid dienone is 9. The molecule has 0 amide bonds. The van der Waals surface area contributed by atoms with Crippen LogP contribution in [0.25, 0.3) is 17.7 Å². The van der Waals surface area contributed by atoms with Gasteiger partial charge in [0.15, 0.2) is 0 Å². The molecule has 1 aromatic carbocycles. The van der Waals surface area contributed by atoms with E-state index in [4.69, 9.17) is 0 Å². The van der Waals surface area contributed by atoms with Crippen LogP contribution in [0, 0.1) is 0 Å². The summed E-state index contributed by atoms with van der Waals surface area (Å²) in [6.07, 6.45) is 15.2. The minimum atomic E-state index is 0.175. The number of phenolic OH excluding ortho intramolecular Hbond substituents is 1. The Kier molecular flexibility index (Phi) is 12.6. The van der Waals surface area contributed by atoms with Crippen LogP contribution in [0.15, 0.2) is 78.7 Å². The second-order valence-corrected chi connectivity index (χ2v) is 5.72. The summed E-state index contributed by atoms with van der Waals surface area (Å²) in [5.41, 5.74) is 5.19. The van der Waals surface area contributed by atoms with Gasteiger partial charge in [0.1, 0.15) is 5.75 Å². The van der Waals surface area contributed by atoms with Crippen LogP contribution in [0.3, 0.4) is 0 Å². The number of rotatable bonds is 5. The smallest absolute Gasteiger partial charge is 0.123 e. The molecule has 0 aliphatic heterocycles. The van der Waals surface area contributed by atoms with Crippen LogP contribution >= 0.6 is 0 Å². The first-order chi connectivity index (χ1) is 14.1. The molecular weight excluding hydrogens is 356 g/mol. The molecule has 156 valence electrons. The Morgan fingerprint density at radius 3 is 2.00 bits per heavy atom. The molecule has 0 spiro atoms. The van der Waals surface area contributed by atoms with Crippen molar-refractivity contribution in [1.82, 2.24) is 0 Å². The fourth-order valence-corrected chi connectivity index (χ4v) is 3.02. The molecule has 0 saturated heterocycles. The zero-order valence-electron chi connectivity index (χ0n) is 18.8. The molecule has 29 heavy (non-hydrogen) atoms. The van der Waals surface area contributed by atoms with E-state index in [1.807, 2.05) is 78.0 Å². The van der Waals surface area contributed by atoms with Crippen LogP contribution in [0.1, 0.15) is 64.7 Å². The Balaban J connectivity index is 0.00000184. The number of hydrogen-bond acceptors (Lipinski definition) is 2. The predicted octanol–water partition coefficient (Wildman–Crippen LogP) is 8.41. The molecule has 2 heteroatoms. The lowest BCUT2D eigenvalue weighted by Gasteiger charge is -2.18. The van der Waals surface area contributed by atoms with Gasteiger partial charge in [-0.05, 0) is 53.8 Å². The van der Waals surface area contributed by atoms with E-state index >= 15 is 0 Å². The molecule has 0 atom stereocenters. The van der Waals surface area contributed by atoms with E-state index in [0.717, 1.165) is 27.8 Å². The molecule has 0 fully saturated rings. The SMILES string of the molecule is C=CC1=CC=C(O)CC(c2c(O)ccc(C=C)c2/C=C\C)=C1/C=C\C.CC.CC. The van der Waals surface area contributed by atoms with Gasteiger partial charge in [0.05, 0.1) is 5.76 Å². The lowest BCUT2D eigenvalue weighted by Crippen LogP contribution is -1.99. The van der Waals surface area contributed by atoms with Crippen LogP contribution in [0.4, 0.5) is 0 Å². The summed E-state index contributed by atoms with van der Waals surface area (Å²) in [7, 11) is 0. The highest BCUT2D eigenvalue weighted by molar-refractivity contribution is 5.88. The Hall–Kier alpha value is -3.00. The van der Waals surface area contributed by atoms with E-state index < -0.39 is 0 Å². The van der Waals surface area contributed by atoms with Crippen molar-refractivity contribution in [2.45, 2.75) is 48.0 Å². The summed E-state index contributed by atoms with van der Waals surface area (Å²) in [5.74, 6) is 0.414. The largest absolute Gasteiger partial charge is 0.512 e. The number of phenols is 1. The van der Waals surface area contributed by atoms with Crippen molar-refractivity contribution in [3.63, 3.8) is 0 Å². The molecule has 0 radical (unpaired) electrons. The van der Waals surface area contributed by atoms with Crippen LogP contribution in [-0.2, 0) is 0 Å². The molecule has 2 rings (SSSR count). The molecule has 1 aliphatic rings. The molecule has 0 unspecified atom stereocenters. The van der Waals surface area contributed by atoms with E-state index in [1.165, 1.54) is 0 Å². The van der Waals surface area contributed by atoms with Crippen LogP contribution in [-0.4, -0.2) is 10.2 Å². The van der Waals surface area contributed by atoms with Crippen molar-refractivity contribution in [2.75, 3.05) is 0 Å². The average molecular weight is 393 g/mol. The second-order valence-electron chi connectivity index (χ2n) is 5.72. The zero-order valence-corrected chi connectivity index (χ0v) is 18.8. The number of aromatic hydroxyl groups is 1. The highest BCUT2D eigenvalue weighted by Crippen LogP contribution is 2.40. The summed E-state index contributed by atoms with van der Waals surface area (Å²) >= 11 is 0. The summed E-state index contributed by atoms with van der Waals surface area (Å²) in [6.45, 7) is 19.6. The van der Waals surface area contributed by atoms with E-state index in [9.17, 15) is 10.2 Å². The average Bonchev–Trinajstić information content (AvgIpc) is 2.90. The summed E-state index contributed by atoms with van der Waals surface area (Å²) < 4.78 is 0. The topological polar surface area (TPSA) is 40.5 Å². The maximum Gasteiger partial charge on any atom is 0.123 e.